The summed E-state index contributed by atoms with van der Waals surface area (Å²) in [7, 11) is -3.17. The molecule has 3 atom stereocenters. The average molecular weight is 352 g/mol. The van der Waals surface area contributed by atoms with Crippen LogP contribution in [0.25, 0.3) is 0 Å². The molecule has 0 N–H and O–H groups in total. The zero-order chi connectivity index (χ0) is 18.3. The fourth-order valence-electron chi connectivity index (χ4n) is 2.51. The molecule has 1 rings (SSSR count). The van der Waals surface area contributed by atoms with E-state index in [1.807, 2.05) is 51.1 Å². The van der Waals surface area contributed by atoms with Gasteiger partial charge in [0.25, 0.3) is 0 Å². The number of hydrogen-bond donors (Lipinski definition) is 0. The van der Waals surface area contributed by atoms with Crippen LogP contribution in [0.5, 0.6) is 0 Å². The van der Waals surface area contributed by atoms with Crippen LogP contribution in [0.3, 0.4) is 0 Å². The van der Waals surface area contributed by atoms with Crippen molar-refractivity contribution >= 4 is 15.6 Å². The Kier molecular flexibility index (Phi) is 7.84. The monoisotopic (exact) mass is 352 g/mol. The zero-order valence-electron chi connectivity index (χ0n) is 15.2. The van der Waals surface area contributed by atoms with Gasteiger partial charge in [-0.3, -0.25) is 4.79 Å². The molecule has 0 bridgehead atoms. The highest BCUT2D eigenvalue weighted by atomic mass is 32.2. The first-order valence-electron chi connectivity index (χ1n) is 8.22. The highest BCUT2D eigenvalue weighted by Crippen LogP contribution is 2.22. The Morgan fingerprint density at radius 1 is 1.21 bits per heavy atom. The molecule has 1 aromatic carbocycles. The number of carbonyl (C=O) groups is 1. The summed E-state index contributed by atoms with van der Waals surface area (Å²) < 4.78 is 29.4. The predicted molar refractivity (Wildman–Crippen MR) is 97.5 cm³/mol. The predicted octanol–water partition coefficient (Wildman–Crippen LogP) is 3.57. The average Bonchev–Trinajstić information content (AvgIpc) is 2.54. The summed E-state index contributed by atoms with van der Waals surface area (Å²) in [6.45, 7) is 7.51. The normalized spacial score (nSPS) is 16.5. The van der Waals surface area contributed by atoms with E-state index in [1.165, 1.54) is 6.26 Å². The van der Waals surface area contributed by atoms with Crippen LogP contribution < -0.4 is 0 Å². The van der Waals surface area contributed by atoms with Gasteiger partial charge in [-0.25, -0.2) is 8.42 Å². The van der Waals surface area contributed by atoms with E-state index in [0.717, 1.165) is 11.1 Å². The smallest absolute Gasteiger partial charge is 0.153 e. The molecule has 0 aliphatic carbocycles. The van der Waals surface area contributed by atoms with E-state index in [1.54, 1.807) is 13.0 Å². The van der Waals surface area contributed by atoms with E-state index in [-0.39, 0.29) is 11.7 Å². The van der Waals surface area contributed by atoms with Crippen LogP contribution in [-0.2, 0) is 26.0 Å². The molecule has 0 fully saturated rings. The Morgan fingerprint density at radius 3 is 2.29 bits per heavy atom. The lowest BCUT2D eigenvalue weighted by atomic mass is 9.92. The number of sulfone groups is 1. The summed E-state index contributed by atoms with van der Waals surface area (Å²) in [6.07, 6.45) is 2.90. The van der Waals surface area contributed by atoms with Crippen LogP contribution in [0, 0.1) is 5.92 Å². The van der Waals surface area contributed by atoms with Gasteiger partial charge in [0, 0.05) is 18.6 Å². The molecule has 0 spiro atoms. The molecule has 134 valence electrons. The minimum Gasteiger partial charge on any atom is -0.368 e. The molecule has 0 amide bonds. The van der Waals surface area contributed by atoms with E-state index < -0.39 is 21.2 Å². The largest absolute Gasteiger partial charge is 0.368 e. The maximum absolute atomic E-state index is 12.1. The Labute approximate surface area is 145 Å². The molecule has 4 nitrogen and oxygen atoms in total. The van der Waals surface area contributed by atoms with Gasteiger partial charge >= 0.3 is 0 Å². The highest BCUT2D eigenvalue weighted by molar-refractivity contribution is 7.91. The van der Waals surface area contributed by atoms with Gasteiger partial charge in [-0.05, 0) is 25.0 Å². The molecule has 5 heteroatoms. The van der Waals surface area contributed by atoms with Crippen molar-refractivity contribution in [3.63, 3.8) is 0 Å². The second-order valence-corrected chi connectivity index (χ2v) is 8.67. The standard InChI is InChI=1S/C19H28O4S/c1-6-18(20)16(4)19(14(2)12-15(3)24(5,21)22)23-13-17-10-8-7-9-11-17/h7-12,15-16,19H,6,13H2,1-5H3/b14-12+/t15-,16-,19-/m0/s1. The minimum atomic E-state index is -3.17. The first kappa shape index (κ1) is 20.6. The molecule has 0 aromatic heterocycles. The van der Waals surface area contributed by atoms with Crippen molar-refractivity contribution in [2.24, 2.45) is 5.92 Å². The van der Waals surface area contributed by atoms with E-state index in [2.05, 4.69) is 0 Å². The molecule has 0 saturated carbocycles. The molecule has 0 unspecified atom stereocenters. The first-order valence-corrected chi connectivity index (χ1v) is 10.2. The lowest BCUT2D eigenvalue weighted by molar-refractivity contribution is -0.126. The highest BCUT2D eigenvalue weighted by Gasteiger charge is 2.26. The molecule has 1 aromatic rings. The van der Waals surface area contributed by atoms with Gasteiger partial charge in [0.15, 0.2) is 9.84 Å². The van der Waals surface area contributed by atoms with Crippen molar-refractivity contribution in [1.82, 2.24) is 0 Å². The van der Waals surface area contributed by atoms with Crippen LogP contribution in [0.2, 0.25) is 0 Å². The number of hydrogen-bond acceptors (Lipinski definition) is 4. The van der Waals surface area contributed by atoms with Crippen molar-refractivity contribution in [2.75, 3.05) is 6.26 Å². The molecular formula is C19H28O4S. The van der Waals surface area contributed by atoms with Crippen molar-refractivity contribution in [3.05, 3.63) is 47.5 Å². The third-order valence-electron chi connectivity index (χ3n) is 4.20. The second kappa shape index (κ2) is 9.14. The second-order valence-electron chi connectivity index (χ2n) is 6.27. The molecule has 0 heterocycles. The third-order valence-corrected chi connectivity index (χ3v) is 5.69. The van der Waals surface area contributed by atoms with Crippen LogP contribution in [0.1, 0.15) is 39.7 Å². The molecule has 0 aliphatic heterocycles. The van der Waals surface area contributed by atoms with Crippen LogP contribution in [0.15, 0.2) is 42.0 Å². The number of ketones is 1. The van der Waals surface area contributed by atoms with E-state index in [0.29, 0.717) is 13.0 Å². The molecule has 0 radical (unpaired) electrons. The van der Waals surface area contributed by atoms with Gasteiger partial charge in [-0.15, -0.1) is 0 Å². The third kappa shape index (κ3) is 6.21. The van der Waals surface area contributed by atoms with E-state index in [9.17, 15) is 13.2 Å². The van der Waals surface area contributed by atoms with Crippen molar-refractivity contribution in [1.29, 1.82) is 0 Å². The quantitative estimate of drug-likeness (QED) is 0.638. The summed E-state index contributed by atoms with van der Waals surface area (Å²) in [4.78, 5) is 12.1. The number of rotatable bonds is 9. The summed E-state index contributed by atoms with van der Waals surface area (Å²) in [6, 6.07) is 9.72. The van der Waals surface area contributed by atoms with E-state index >= 15 is 0 Å². The van der Waals surface area contributed by atoms with Crippen molar-refractivity contribution in [3.8, 4) is 0 Å². The van der Waals surface area contributed by atoms with Gasteiger partial charge in [0.1, 0.15) is 5.78 Å². The lowest BCUT2D eigenvalue weighted by Gasteiger charge is -2.25. The maximum Gasteiger partial charge on any atom is 0.153 e. The Bertz CT molecular complexity index is 662. The van der Waals surface area contributed by atoms with Crippen molar-refractivity contribution in [2.45, 2.75) is 52.1 Å². The minimum absolute atomic E-state index is 0.104. The summed E-state index contributed by atoms with van der Waals surface area (Å²) in [5.74, 6) is -0.213. The number of carbonyl (C=O) groups excluding carboxylic acids is 1. The SMILES string of the molecule is CCC(=O)[C@H](C)[C@@H](OCc1ccccc1)/C(C)=C/[C@H](C)S(C)(=O)=O. The summed E-state index contributed by atoms with van der Waals surface area (Å²) in [5, 5.41) is -0.607. The van der Waals surface area contributed by atoms with E-state index in [4.69, 9.17) is 4.74 Å². The van der Waals surface area contributed by atoms with Crippen LogP contribution >= 0.6 is 0 Å². The lowest BCUT2D eigenvalue weighted by Crippen LogP contribution is -2.30. The number of Topliss-reactive ketones (excluding diaryl/α,β-unsaturated/α-hetero) is 1. The van der Waals surface area contributed by atoms with Gasteiger partial charge in [-0.2, -0.15) is 0 Å². The topological polar surface area (TPSA) is 60.4 Å². The van der Waals surface area contributed by atoms with Gasteiger partial charge in [0.05, 0.1) is 18.0 Å². The van der Waals surface area contributed by atoms with Crippen molar-refractivity contribution < 1.29 is 17.9 Å². The zero-order valence-corrected chi connectivity index (χ0v) is 16.0. The summed E-state index contributed by atoms with van der Waals surface area (Å²) in [5.41, 5.74) is 1.79. The summed E-state index contributed by atoms with van der Waals surface area (Å²) >= 11 is 0. The van der Waals surface area contributed by atoms with Crippen LogP contribution in [-0.4, -0.2) is 31.8 Å². The fourth-order valence-corrected chi connectivity index (χ4v) is 2.97. The molecular weight excluding hydrogens is 324 g/mol. The van der Waals surface area contributed by atoms with Gasteiger partial charge < -0.3 is 4.74 Å². The van der Waals surface area contributed by atoms with Gasteiger partial charge in [-0.1, -0.05) is 50.3 Å². The Hall–Kier alpha value is -1.46. The Morgan fingerprint density at radius 2 is 1.79 bits per heavy atom. The maximum atomic E-state index is 12.1. The molecule has 0 aliphatic rings. The Balaban J connectivity index is 3.00. The number of ether oxygens (including phenoxy) is 1. The van der Waals surface area contributed by atoms with Gasteiger partial charge in [0.2, 0.25) is 0 Å². The van der Waals surface area contributed by atoms with Crippen LogP contribution in [0.4, 0.5) is 0 Å². The number of benzene rings is 1. The molecule has 24 heavy (non-hydrogen) atoms. The fraction of sp³-hybridized carbons (Fsp3) is 0.526. The first-order chi connectivity index (χ1) is 11.2. The molecule has 0 saturated heterocycles.